The van der Waals surface area contributed by atoms with Crippen molar-refractivity contribution in [3.63, 3.8) is 0 Å². The summed E-state index contributed by atoms with van der Waals surface area (Å²) in [6.45, 7) is 3.71. The number of anilines is 2. The van der Waals surface area contributed by atoms with Crippen LogP contribution in [0.5, 0.6) is 0 Å². The molecule has 158 valence electrons. The molecule has 1 N–H and O–H groups in total. The van der Waals surface area contributed by atoms with Gasteiger partial charge in [0, 0.05) is 34.4 Å². The summed E-state index contributed by atoms with van der Waals surface area (Å²) < 4.78 is 10.8. The summed E-state index contributed by atoms with van der Waals surface area (Å²) >= 11 is 10.2. The molecule has 0 radical (unpaired) electrons. The van der Waals surface area contributed by atoms with Gasteiger partial charge >= 0.3 is 6.09 Å². The van der Waals surface area contributed by atoms with Gasteiger partial charge in [0.15, 0.2) is 0 Å². The quantitative estimate of drug-likeness (QED) is 0.689. The van der Waals surface area contributed by atoms with E-state index >= 15 is 0 Å². The number of morpholine rings is 1. The molecule has 2 aliphatic heterocycles. The maximum Gasteiger partial charge on any atom is 0.414 e. The van der Waals surface area contributed by atoms with Crippen molar-refractivity contribution in [3.05, 3.63) is 53.1 Å². The van der Waals surface area contributed by atoms with E-state index in [4.69, 9.17) is 21.1 Å². The number of thiol groups is 1. The molecule has 0 aliphatic carbocycles. The second-order valence-electron chi connectivity index (χ2n) is 7.10. The van der Waals surface area contributed by atoms with E-state index in [0.717, 1.165) is 37.7 Å². The third kappa shape index (κ3) is 4.66. The molecule has 30 heavy (non-hydrogen) atoms. The normalized spacial score (nSPS) is 19.0. The average Bonchev–Trinajstić information content (AvgIpc) is 3.15. The van der Waals surface area contributed by atoms with Crippen molar-refractivity contribution >= 4 is 47.6 Å². The minimum Gasteiger partial charge on any atom is -0.442 e. The van der Waals surface area contributed by atoms with E-state index in [2.05, 4.69) is 22.8 Å². The number of hydrogen-bond acceptors (Lipinski definition) is 6. The SMILES string of the molecule is O=C(NC[C@H]1CN(c2ccc(N3CCOCC3)cc2)C(=O)O1)c1cc(Cl)ccc1S. The molecule has 0 spiro atoms. The molecular weight excluding hydrogens is 426 g/mol. The summed E-state index contributed by atoms with van der Waals surface area (Å²) in [6.07, 6.45) is -0.867. The highest BCUT2D eigenvalue weighted by Gasteiger charge is 2.32. The van der Waals surface area contributed by atoms with Gasteiger partial charge in [-0.2, -0.15) is 0 Å². The molecule has 2 amide bonds. The van der Waals surface area contributed by atoms with Crippen LogP contribution in [-0.4, -0.2) is 57.5 Å². The van der Waals surface area contributed by atoms with Crippen LogP contribution < -0.4 is 15.1 Å². The van der Waals surface area contributed by atoms with Crippen molar-refractivity contribution in [1.82, 2.24) is 5.32 Å². The van der Waals surface area contributed by atoms with E-state index in [9.17, 15) is 9.59 Å². The molecule has 2 saturated heterocycles. The predicted octanol–water partition coefficient (Wildman–Crippen LogP) is 3.22. The van der Waals surface area contributed by atoms with Crippen molar-refractivity contribution in [2.45, 2.75) is 11.0 Å². The Morgan fingerprint density at radius 3 is 2.57 bits per heavy atom. The van der Waals surface area contributed by atoms with Crippen LogP contribution in [0.2, 0.25) is 5.02 Å². The van der Waals surface area contributed by atoms with E-state index in [1.54, 1.807) is 23.1 Å². The molecule has 0 bridgehead atoms. The molecule has 7 nitrogen and oxygen atoms in total. The monoisotopic (exact) mass is 447 g/mol. The second kappa shape index (κ2) is 9.16. The minimum atomic E-state index is -0.442. The summed E-state index contributed by atoms with van der Waals surface area (Å²) in [4.78, 5) is 29.1. The van der Waals surface area contributed by atoms with E-state index in [0.29, 0.717) is 22.0 Å². The third-order valence-corrected chi connectivity index (χ3v) is 5.73. The third-order valence-electron chi connectivity index (χ3n) is 5.11. The van der Waals surface area contributed by atoms with Gasteiger partial charge < -0.3 is 19.7 Å². The first-order valence-corrected chi connectivity index (χ1v) is 10.5. The summed E-state index contributed by atoms with van der Waals surface area (Å²) in [7, 11) is 0. The van der Waals surface area contributed by atoms with Crippen molar-refractivity contribution < 1.29 is 19.1 Å². The van der Waals surface area contributed by atoms with Crippen LogP contribution in [0, 0.1) is 0 Å². The number of halogens is 1. The van der Waals surface area contributed by atoms with Gasteiger partial charge in [0.1, 0.15) is 6.10 Å². The lowest BCUT2D eigenvalue weighted by Crippen LogP contribution is -2.36. The van der Waals surface area contributed by atoms with Crippen LogP contribution in [0.25, 0.3) is 0 Å². The second-order valence-corrected chi connectivity index (χ2v) is 8.02. The number of ether oxygens (including phenoxy) is 2. The Labute approximate surface area is 185 Å². The standard InChI is InChI=1S/C21H22ClN3O4S/c22-14-1-6-19(30)18(11-14)20(26)23-12-17-13-25(21(27)29-17)16-4-2-15(3-5-16)24-7-9-28-10-8-24/h1-6,11,17,30H,7-10,12-13H2,(H,23,26)/t17-/m0/s1. The van der Waals surface area contributed by atoms with Crippen LogP contribution in [0.15, 0.2) is 47.4 Å². The zero-order valence-electron chi connectivity index (χ0n) is 16.2. The average molecular weight is 448 g/mol. The number of carbonyl (C=O) groups excluding carboxylic acids is 2. The minimum absolute atomic E-state index is 0.201. The lowest BCUT2D eigenvalue weighted by atomic mass is 10.2. The predicted molar refractivity (Wildman–Crippen MR) is 118 cm³/mol. The first-order chi connectivity index (χ1) is 14.5. The van der Waals surface area contributed by atoms with Crippen LogP contribution in [0.3, 0.4) is 0 Å². The summed E-state index contributed by atoms with van der Waals surface area (Å²) in [5.41, 5.74) is 2.24. The number of nitrogens with one attached hydrogen (secondary N) is 1. The van der Waals surface area contributed by atoms with E-state index in [-0.39, 0.29) is 12.5 Å². The van der Waals surface area contributed by atoms with Gasteiger partial charge in [-0.1, -0.05) is 11.6 Å². The molecule has 0 saturated carbocycles. The Kier molecular flexibility index (Phi) is 6.36. The van der Waals surface area contributed by atoms with Crippen LogP contribution in [-0.2, 0) is 9.47 Å². The largest absolute Gasteiger partial charge is 0.442 e. The smallest absolute Gasteiger partial charge is 0.414 e. The Balaban J connectivity index is 1.34. The molecule has 2 heterocycles. The zero-order chi connectivity index (χ0) is 21.1. The molecule has 9 heteroatoms. The zero-order valence-corrected chi connectivity index (χ0v) is 17.9. The summed E-state index contributed by atoms with van der Waals surface area (Å²) in [6, 6.07) is 12.7. The number of cyclic esters (lactones) is 1. The fourth-order valence-electron chi connectivity index (χ4n) is 3.50. The van der Waals surface area contributed by atoms with Crippen molar-refractivity contribution in [3.8, 4) is 0 Å². The highest BCUT2D eigenvalue weighted by Crippen LogP contribution is 2.25. The maximum absolute atomic E-state index is 12.4. The molecule has 2 fully saturated rings. The number of carbonyl (C=O) groups is 2. The van der Waals surface area contributed by atoms with Gasteiger partial charge in [-0.25, -0.2) is 4.79 Å². The number of benzene rings is 2. The highest BCUT2D eigenvalue weighted by molar-refractivity contribution is 7.80. The fourth-order valence-corrected chi connectivity index (χ4v) is 3.91. The maximum atomic E-state index is 12.4. The fraction of sp³-hybridized carbons (Fsp3) is 0.333. The Hall–Kier alpha value is -2.42. The van der Waals surface area contributed by atoms with Gasteiger partial charge in [0.25, 0.3) is 5.91 Å². The Bertz CT molecular complexity index is 934. The summed E-state index contributed by atoms with van der Waals surface area (Å²) in [5, 5.41) is 3.24. The van der Waals surface area contributed by atoms with Gasteiger partial charge in [-0.15, -0.1) is 12.6 Å². The molecule has 2 aromatic carbocycles. The molecule has 0 aromatic heterocycles. The highest BCUT2D eigenvalue weighted by atomic mass is 35.5. The van der Waals surface area contributed by atoms with Crippen LogP contribution in [0.4, 0.5) is 16.2 Å². The van der Waals surface area contributed by atoms with Gasteiger partial charge in [0.05, 0.1) is 31.9 Å². The topological polar surface area (TPSA) is 71.1 Å². The van der Waals surface area contributed by atoms with E-state index in [1.807, 2.05) is 24.3 Å². The molecule has 2 aliphatic rings. The van der Waals surface area contributed by atoms with E-state index in [1.165, 1.54) is 0 Å². The van der Waals surface area contributed by atoms with Crippen molar-refractivity contribution in [2.24, 2.45) is 0 Å². The van der Waals surface area contributed by atoms with E-state index < -0.39 is 12.2 Å². The van der Waals surface area contributed by atoms with Crippen LogP contribution >= 0.6 is 24.2 Å². The number of rotatable bonds is 5. The lowest BCUT2D eigenvalue weighted by Gasteiger charge is -2.29. The van der Waals surface area contributed by atoms with Crippen molar-refractivity contribution in [2.75, 3.05) is 49.2 Å². The molecular formula is C21H22ClN3O4S. The molecule has 2 aromatic rings. The van der Waals surface area contributed by atoms with Gasteiger partial charge in [-0.05, 0) is 42.5 Å². The number of hydrogen-bond donors (Lipinski definition) is 2. The summed E-state index contributed by atoms with van der Waals surface area (Å²) in [5.74, 6) is -0.313. The molecule has 1 atom stereocenters. The Morgan fingerprint density at radius 1 is 1.13 bits per heavy atom. The molecule has 0 unspecified atom stereocenters. The lowest BCUT2D eigenvalue weighted by molar-refractivity contribution is 0.0913. The van der Waals surface area contributed by atoms with Crippen LogP contribution in [0.1, 0.15) is 10.4 Å². The molecule has 4 rings (SSSR count). The number of nitrogens with zero attached hydrogens (tertiary/aromatic N) is 2. The first kappa shape index (κ1) is 20.8. The van der Waals surface area contributed by atoms with Gasteiger partial charge in [0.2, 0.25) is 0 Å². The Morgan fingerprint density at radius 2 is 1.83 bits per heavy atom. The first-order valence-electron chi connectivity index (χ1n) is 9.69. The number of amides is 2. The van der Waals surface area contributed by atoms with Crippen molar-refractivity contribution in [1.29, 1.82) is 0 Å². The van der Waals surface area contributed by atoms with Gasteiger partial charge in [-0.3, -0.25) is 9.69 Å².